The van der Waals surface area contributed by atoms with Gasteiger partial charge in [-0.05, 0) is 48.9 Å². The van der Waals surface area contributed by atoms with Crippen LogP contribution in [0.2, 0.25) is 5.02 Å². The number of amides is 2. The van der Waals surface area contributed by atoms with Crippen molar-refractivity contribution in [1.82, 2.24) is 4.90 Å². The van der Waals surface area contributed by atoms with Crippen molar-refractivity contribution in [1.29, 1.82) is 5.26 Å². The Morgan fingerprint density at radius 3 is 2.73 bits per heavy atom. The predicted molar refractivity (Wildman–Crippen MR) is 120 cm³/mol. The number of halogens is 1. The maximum Gasteiger partial charge on any atom is 0.339 e. The molecule has 2 amide bonds. The second kappa shape index (κ2) is 10.1. The minimum Gasteiger partial charge on any atom is -0.458 e. The number of rotatable bonds is 7. The first-order valence-corrected chi connectivity index (χ1v) is 10.2. The van der Waals surface area contributed by atoms with E-state index in [2.05, 4.69) is 6.58 Å². The number of nitrogens with zero attached hydrogens (tertiary/aromatic N) is 2. The largest absolute Gasteiger partial charge is 0.458 e. The summed E-state index contributed by atoms with van der Waals surface area (Å²) in [5.41, 5.74) is 0.849. The molecule has 1 aromatic heterocycles. The van der Waals surface area contributed by atoms with E-state index in [1.165, 1.54) is 31.2 Å². The van der Waals surface area contributed by atoms with E-state index >= 15 is 0 Å². The van der Waals surface area contributed by atoms with Gasteiger partial charge in [0.05, 0.1) is 23.7 Å². The summed E-state index contributed by atoms with van der Waals surface area (Å²) >= 11 is 6.12. The Hall–Kier alpha value is -3.93. The smallest absolute Gasteiger partial charge is 0.339 e. The van der Waals surface area contributed by atoms with Crippen LogP contribution in [0.3, 0.4) is 0 Å². The molecule has 0 radical (unpaired) electrons. The molecule has 0 fully saturated rings. The molecule has 1 N–H and O–H groups in total. The van der Waals surface area contributed by atoms with Crippen molar-refractivity contribution in [2.45, 2.75) is 6.92 Å². The Bertz CT molecular complexity index is 1250. The van der Waals surface area contributed by atoms with Crippen LogP contribution in [0.5, 0.6) is 0 Å². The van der Waals surface area contributed by atoms with E-state index in [0.29, 0.717) is 11.3 Å². The number of aliphatic hydroxyl groups is 1. The molecule has 3 rings (SSSR count). The van der Waals surface area contributed by atoms with E-state index in [1.807, 2.05) is 6.07 Å². The van der Waals surface area contributed by atoms with Gasteiger partial charge in [0.1, 0.15) is 29.8 Å². The Labute approximate surface area is 194 Å². The zero-order valence-corrected chi connectivity index (χ0v) is 18.4. The number of benzene rings is 1. The van der Waals surface area contributed by atoms with E-state index in [0.717, 1.165) is 4.90 Å². The molecule has 0 spiro atoms. The number of nitriles is 1. The summed E-state index contributed by atoms with van der Waals surface area (Å²) in [6, 6.07) is 9.79. The van der Waals surface area contributed by atoms with Crippen molar-refractivity contribution < 1.29 is 28.6 Å². The highest BCUT2D eigenvalue weighted by molar-refractivity contribution is 6.33. The van der Waals surface area contributed by atoms with Gasteiger partial charge in [0, 0.05) is 11.1 Å². The lowest BCUT2D eigenvalue weighted by molar-refractivity contribution is -0.141. The van der Waals surface area contributed by atoms with Gasteiger partial charge in [0.2, 0.25) is 0 Å². The molecule has 0 saturated carbocycles. The monoisotopic (exact) mass is 466 g/mol. The van der Waals surface area contributed by atoms with Gasteiger partial charge in [-0.25, -0.2) is 4.79 Å². The molecule has 168 valence electrons. The van der Waals surface area contributed by atoms with Crippen LogP contribution in [0.25, 0.3) is 17.4 Å². The molecule has 0 saturated heterocycles. The first-order chi connectivity index (χ1) is 15.8. The van der Waals surface area contributed by atoms with E-state index in [1.54, 1.807) is 18.2 Å². The Morgan fingerprint density at radius 1 is 1.30 bits per heavy atom. The number of hydrogen-bond acceptors (Lipinski definition) is 7. The van der Waals surface area contributed by atoms with Crippen LogP contribution in [0.4, 0.5) is 0 Å². The Morgan fingerprint density at radius 2 is 2.06 bits per heavy atom. The van der Waals surface area contributed by atoms with E-state index < -0.39 is 24.4 Å². The van der Waals surface area contributed by atoms with Crippen LogP contribution >= 0.6 is 11.6 Å². The fourth-order valence-electron chi connectivity index (χ4n) is 3.21. The molecule has 0 atom stereocenters. The van der Waals surface area contributed by atoms with Crippen LogP contribution in [-0.4, -0.2) is 47.5 Å². The highest BCUT2D eigenvalue weighted by Crippen LogP contribution is 2.30. The molecule has 1 aliphatic rings. The SMILES string of the molecule is C=CCOC(=O)c1cc(-c2ccc(/C=C3\C(=O)N(CCO)C(=O)C(C#N)=C3C)o2)ccc1Cl. The number of esters is 1. The quantitative estimate of drug-likeness (QED) is 0.287. The number of furan rings is 1. The third-order valence-corrected chi connectivity index (χ3v) is 5.20. The van der Waals surface area contributed by atoms with Crippen molar-refractivity contribution in [3.63, 3.8) is 0 Å². The van der Waals surface area contributed by atoms with Gasteiger partial charge in [0.15, 0.2) is 0 Å². The first-order valence-electron chi connectivity index (χ1n) is 9.80. The van der Waals surface area contributed by atoms with Crippen molar-refractivity contribution in [2.75, 3.05) is 19.8 Å². The minimum absolute atomic E-state index is 0.0409. The van der Waals surface area contributed by atoms with E-state index in [9.17, 15) is 24.8 Å². The summed E-state index contributed by atoms with van der Waals surface area (Å²) in [4.78, 5) is 38.2. The second-order valence-corrected chi connectivity index (χ2v) is 7.35. The van der Waals surface area contributed by atoms with Gasteiger partial charge in [0.25, 0.3) is 11.8 Å². The van der Waals surface area contributed by atoms with Crippen molar-refractivity contribution in [2.24, 2.45) is 0 Å². The molecule has 8 nitrogen and oxygen atoms in total. The number of hydrogen-bond donors (Lipinski definition) is 1. The molecule has 1 aliphatic heterocycles. The van der Waals surface area contributed by atoms with Crippen LogP contribution in [-0.2, 0) is 14.3 Å². The number of ether oxygens (including phenoxy) is 1. The van der Waals surface area contributed by atoms with Crippen molar-refractivity contribution in [3.05, 3.63) is 76.1 Å². The summed E-state index contributed by atoms with van der Waals surface area (Å²) in [6.45, 7) is 4.38. The van der Waals surface area contributed by atoms with Gasteiger partial charge < -0.3 is 14.3 Å². The molecule has 0 bridgehead atoms. The average Bonchev–Trinajstić information content (AvgIpc) is 3.27. The lowest BCUT2D eigenvalue weighted by atomic mass is 9.95. The van der Waals surface area contributed by atoms with Crippen LogP contribution in [0.1, 0.15) is 23.0 Å². The number of imide groups is 1. The van der Waals surface area contributed by atoms with Gasteiger partial charge in [-0.3, -0.25) is 14.5 Å². The molecule has 0 aliphatic carbocycles. The molecule has 1 aromatic carbocycles. The lowest BCUT2D eigenvalue weighted by Gasteiger charge is -2.26. The van der Waals surface area contributed by atoms with Crippen molar-refractivity contribution >= 4 is 35.5 Å². The predicted octanol–water partition coefficient (Wildman–Crippen LogP) is 3.53. The highest BCUT2D eigenvalue weighted by Gasteiger charge is 2.35. The molecule has 2 aromatic rings. The molecule has 0 unspecified atom stereocenters. The second-order valence-electron chi connectivity index (χ2n) is 6.94. The summed E-state index contributed by atoms with van der Waals surface area (Å²) in [7, 11) is 0. The number of β-amino-alcohol motifs (C(OH)–C–C–N with tert-alkyl or cyclic N) is 1. The van der Waals surface area contributed by atoms with Gasteiger partial charge >= 0.3 is 5.97 Å². The van der Waals surface area contributed by atoms with Gasteiger partial charge in [-0.15, -0.1) is 0 Å². The standard InChI is InChI=1S/C24H19ClN2O6/c1-3-10-32-24(31)18-11-15(4-6-20(18)25)21-7-5-16(33-21)12-17-14(2)19(13-26)23(30)27(8-9-28)22(17)29/h3-7,11-12,28H,1,8-10H2,2H3/b17-12-. The normalized spacial score (nSPS) is 15.1. The molecule has 9 heteroatoms. The zero-order chi connectivity index (χ0) is 24.1. The molecule has 33 heavy (non-hydrogen) atoms. The summed E-state index contributed by atoms with van der Waals surface area (Å²) < 4.78 is 10.9. The van der Waals surface area contributed by atoms with E-state index in [-0.39, 0.29) is 46.2 Å². The lowest BCUT2D eigenvalue weighted by Crippen LogP contribution is -2.44. The number of carbonyl (C=O) groups is 3. The van der Waals surface area contributed by atoms with Crippen LogP contribution in [0.15, 0.2) is 64.1 Å². The first kappa shape index (κ1) is 23.7. The van der Waals surface area contributed by atoms with Crippen LogP contribution in [0, 0.1) is 11.3 Å². The maximum absolute atomic E-state index is 12.8. The maximum atomic E-state index is 12.8. The number of aliphatic hydroxyl groups excluding tert-OH is 1. The van der Waals surface area contributed by atoms with E-state index in [4.69, 9.17) is 20.8 Å². The fourth-order valence-corrected chi connectivity index (χ4v) is 3.40. The Kier molecular flexibility index (Phi) is 7.28. The topological polar surface area (TPSA) is 121 Å². The van der Waals surface area contributed by atoms with Crippen LogP contribution < -0.4 is 0 Å². The third kappa shape index (κ3) is 4.80. The summed E-state index contributed by atoms with van der Waals surface area (Å²) in [5.74, 6) is -1.31. The van der Waals surface area contributed by atoms with Crippen molar-refractivity contribution in [3.8, 4) is 17.4 Å². The molecule has 2 heterocycles. The van der Waals surface area contributed by atoms with Gasteiger partial charge in [-0.1, -0.05) is 24.3 Å². The summed E-state index contributed by atoms with van der Waals surface area (Å²) in [6.07, 6.45) is 2.86. The molecular weight excluding hydrogens is 448 g/mol. The zero-order valence-electron chi connectivity index (χ0n) is 17.6. The number of carbonyl (C=O) groups excluding carboxylic acids is 3. The summed E-state index contributed by atoms with van der Waals surface area (Å²) in [5, 5.41) is 18.8. The Balaban J connectivity index is 1.98. The fraction of sp³-hybridized carbons (Fsp3) is 0.167. The third-order valence-electron chi connectivity index (χ3n) is 4.87. The highest BCUT2D eigenvalue weighted by atomic mass is 35.5. The minimum atomic E-state index is -0.747. The van der Waals surface area contributed by atoms with Gasteiger partial charge in [-0.2, -0.15) is 5.26 Å². The average molecular weight is 467 g/mol. The molecular formula is C24H19ClN2O6.